The second kappa shape index (κ2) is 7.13. The highest BCUT2D eigenvalue weighted by Gasteiger charge is 2.43. The zero-order valence-electron chi connectivity index (χ0n) is 11.9. The summed E-state index contributed by atoms with van der Waals surface area (Å²) in [5.41, 5.74) is 0. The molecule has 3 aliphatic heterocycles. The lowest BCUT2D eigenvalue weighted by molar-refractivity contribution is 0.385. The van der Waals surface area contributed by atoms with Gasteiger partial charge in [-0.1, -0.05) is 22.5 Å². The van der Waals surface area contributed by atoms with Crippen molar-refractivity contribution in [1.29, 1.82) is 0 Å². The van der Waals surface area contributed by atoms with E-state index in [1.807, 2.05) is 0 Å². The van der Waals surface area contributed by atoms with E-state index in [9.17, 15) is 0 Å². The van der Waals surface area contributed by atoms with E-state index in [0.717, 1.165) is 0 Å². The van der Waals surface area contributed by atoms with E-state index in [1.54, 1.807) is 0 Å². The van der Waals surface area contributed by atoms with Crippen LogP contribution in [0.5, 0.6) is 0 Å². The van der Waals surface area contributed by atoms with Crippen molar-refractivity contribution in [2.45, 2.75) is 38.5 Å². The molecule has 0 aromatic heterocycles. The van der Waals surface area contributed by atoms with E-state index >= 15 is 0 Å². The first-order chi connectivity index (χ1) is 9.73. The summed E-state index contributed by atoms with van der Waals surface area (Å²) < 4.78 is 13.0. The Kier molecular flexibility index (Phi) is 5.70. The Morgan fingerprint density at radius 1 is 0.650 bits per heavy atom. The quantitative estimate of drug-likeness (QED) is 0.667. The van der Waals surface area contributed by atoms with Crippen molar-refractivity contribution < 1.29 is 0 Å². The topological polar surface area (TPSA) is 22.1 Å². The third-order valence-electron chi connectivity index (χ3n) is 4.57. The van der Waals surface area contributed by atoms with Gasteiger partial charge in [0.25, 0.3) is 0 Å². The molecule has 3 heterocycles. The second-order valence-corrected chi connectivity index (χ2v) is 12.2. The summed E-state index contributed by atoms with van der Waals surface area (Å²) in [7, 11) is -1.81. The molecule has 0 atom stereocenters. The average Bonchev–Trinajstić information content (AvgIpc) is 3.15. The van der Waals surface area contributed by atoms with Gasteiger partial charge in [-0.2, -0.15) is 0 Å². The van der Waals surface area contributed by atoms with Crippen LogP contribution in [-0.2, 0) is 0 Å². The average molecular weight is 357 g/mol. The fourth-order valence-corrected chi connectivity index (χ4v) is 11.0. The van der Waals surface area contributed by atoms with Crippen LogP contribution < -0.4 is 0 Å². The van der Waals surface area contributed by atoms with Gasteiger partial charge in [-0.15, -0.1) is 0 Å². The fourth-order valence-electron chi connectivity index (χ4n) is 3.70. The highest BCUT2D eigenvalue weighted by molar-refractivity contribution is 8.04. The Morgan fingerprint density at radius 3 is 1.20 bits per heavy atom. The van der Waals surface area contributed by atoms with Gasteiger partial charge in [0.15, 0.2) is 7.51 Å². The summed E-state index contributed by atoms with van der Waals surface area (Å²) in [6.45, 7) is 5.76. The van der Waals surface area contributed by atoms with Crippen molar-refractivity contribution in [1.82, 2.24) is 14.0 Å². The molecule has 3 rings (SSSR count). The van der Waals surface area contributed by atoms with Crippen LogP contribution in [0.15, 0.2) is 4.52 Å². The molecule has 0 N–H and O–H groups in total. The lowest BCUT2D eigenvalue weighted by Gasteiger charge is -2.45. The SMILES string of the molecule is ClP(Cl)N=P(N1CCCC1)(N1CCCC1)N1CCCC1. The summed E-state index contributed by atoms with van der Waals surface area (Å²) in [6.07, 6.45) is 7.76. The molecule has 116 valence electrons. The van der Waals surface area contributed by atoms with Crippen LogP contribution >= 0.6 is 36.8 Å². The first-order valence-corrected chi connectivity index (χ1v) is 12.4. The van der Waals surface area contributed by atoms with Gasteiger partial charge in [0.05, 0.1) is 0 Å². The van der Waals surface area contributed by atoms with Crippen LogP contribution in [0.4, 0.5) is 0 Å². The van der Waals surface area contributed by atoms with Crippen molar-refractivity contribution in [3.05, 3.63) is 0 Å². The van der Waals surface area contributed by atoms with E-state index in [2.05, 4.69) is 14.0 Å². The maximum Gasteiger partial charge on any atom is 0.209 e. The molecule has 8 heteroatoms. The predicted octanol–water partition coefficient (Wildman–Crippen LogP) is 4.92. The Balaban J connectivity index is 2.01. The maximum atomic E-state index is 6.21. The molecule has 0 saturated carbocycles. The second-order valence-electron chi connectivity index (χ2n) is 5.82. The van der Waals surface area contributed by atoms with Gasteiger partial charge in [0, 0.05) is 39.3 Å². The van der Waals surface area contributed by atoms with Gasteiger partial charge in [-0.25, -0.2) is 18.5 Å². The molecule has 3 saturated heterocycles. The third kappa shape index (κ3) is 3.08. The summed E-state index contributed by atoms with van der Waals surface area (Å²) in [6, 6.07) is 0. The van der Waals surface area contributed by atoms with Crippen LogP contribution in [0.3, 0.4) is 0 Å². The third-order valence-corrected chi connectivity index (χ3v) is 10.8. The van der Waals surface area contributed by atoms with E-state index < -0.39 is 14.3 Å². The van der Waals surface area contributed by atoms with Crippen LogP contribution in [0, 0.1) is 0 Å². The first kappa shape index (κ1) is 16.0. The minimum Gasteiger partial charge on any atom is -0.246 e. The van der Waals surface area contributed by atoms with Crippen molar-refractivity contribution in [3.8, 4) is 0 Å². The van der Waals surface area contributed by atoms with Gasteiger partial charge in [0.2, 0.25) is 6.78 Å². The van der Waals surface area contributed by atoms with Gasteiger partial charge < -0.3 is 0 Å². The Labute approximate surface area is 133 Å². The minimum absolute atomic E-state index is 1.17. The molecule has 0 radical (unpaired) electrons. The Hall–Kier alpha value is 1.12. The fraction of sp³-hybridized carbons (Fsp3) is 1.00. The molecule has 0 aromatic carbocycles. The molecule has 3 fully saturated rings. The molecule has 0 bridgehead atoms. The molecule has 4 nitrogen and oxygen atoms in total. The zero-order chi connectivity index (χ0) is 14.0. The molecular formula is C12H24Cl2N4P2. The van der Waals surface area contributed by atoms with Gasteiger partial charge in [0.1, 0.15) is 0 Å². The van der Waals surface area contributed by atoms with Crippen LogP contribution in [0.25, 0.3) is 0 Å². The summed E-state index contributed by atoms with van der Waals surface area (Å²) in [5, 5.41) is 0. The molecule has 0 aliphatic carbocycles. The highest BCUT2D eigenvalue weighted by atomic mass is 35.9. The van der Waals surface area contributed by atoms with Crippen molar-refractivity contribution in [2.75, 3.05) is 39.3 Å². The van der Waals surface area contributed by atoms with Crippen LogP contribution in [0.1, 0.15) is 38.5 Å². The smallest absolute Gasteiger partial charge is 0.209 e. The van der Waals surface area contributed by atoms with Crippen molar-refractivity contribution >= 4 is 36.8 Å². The number of hydrogen-bond donors (Lipinski definition) is 0. The van der Waals surface area contributed by atoms with Crippen LogP contribution in [0.2, 0.25) is 0 Å². The van der Waals surface area contributed by atoms with Crippen LogP contribution in [-0.4, -0.2) is 53.3 Å². The molecule has 0 aromatic rings. The molecular weight excluding hydrogens is 333 g/mol. The van der Waals surface area contributed by atoms with Gasteiger partial charge >= 0.3 is 0 Å². The zero-order valence-corrected chi connectivity index (χ0v) is 15.2. The largest absolute Gasteiger partial charge is 0.246 e. The van der Waals surface area contributed by atoms with Crippen molar-refractivity contribution in [3.63, 3.8) is 0 Å². The van der Waals surface area contributed by atoms with E-state index in [-0.39, 0.29) is 0 Å². The van der Waals surface area contributed by atoms with Crippen molar-refractivity contribution in [2.24, 2.45) is 4.52 Å². The monoisotopic (exact) mass is 356 g/mol. The summed E-state index contributed by atoms with van der Waals surface area (Å²) in [4.78, 5) is 0. The lowest BCUT2D eigenvalue weighted by atomic mass is 10.4. The lowest BCUT2D eigenvalue weighted by Crippen LogP contribution is -2.37. The molecule has 20 heavy (non-hydrogen) atoms. The summed E-state index contributed by atoms with van der Waals surface area (Å²) in [5.74, 6) is 0. The molecule has 0 amide bonds. The van der Waals surface area contributed by atoms with E-state index in [0.29, 0.717) is 0 Å². The Morgan fingerprint density at radius 2 is 0.950 bits per heavy atom. The molecule has 0 spiro atoms. The van der Waals surface area contributed by atoms with E-state index in [1.165, 1.54) is 77.8 Å². The molecule has 0 unspecified atom stereocenters. The minimum atomic E-state index is -1.81. The standard InChI is InChI=1S/C12H24Cl2N4P2/c13-19(14)15-20(16-7-1-2-8-16,17-9-3-4-10-17)18-11-5-6-12-18/h1-12H2. The maximum absolute atomic E-state index is 6.21. The number of hydrogen-bond acceptors (Lipinski definition) is 1. The van der Waals surface area contributed by atoms with Gasteiger partial charge in [-0.3, -0.25) is 0 Å². The molecule has 3 aliphatic rings. The predicted molar refractivity (Wildman–Crippen MR) is 90.4 cm³/mol. The normalized spacial score (nSPS) is 26.9. The first-order valence-electron chi connectivity index (χ1n) is 7.74. The Bertz CT molecular complexity index is 328. The van der Waals surface area contributed by atoms with E-state index in [4.69, 9.17) is 27.0 Å². The number of halogens is 2. The number of rotatable bonds is 4. The highest BCUT2D eigenvalue weighted by Crippen LogP contribution is 2.69. The number of nitrogens with zero attached hydrogens (tertiary/aromatic N) is 4. The van der Waals surface area contributed by atoms with Gasteiger partial charge in [-0.05, 0) is 38.5 Å². The summed E-state index contributed by atoms with van der Waals surface area (Å²) >= 11 is 12.4.